The molecule has 3 aliphatic rings. The molecule has 3 amide bonds. The molecule has 2 aromatic heterocycles. The fourth-order valence-electron chi connectivity index (χ4n) is 8.26. The predicted molar refractivity (Wildman–Crippen MR) is 210 cm³/mol. The van der Waals surface area contributed by atoms with Crippen LogP contribution >= 0.6 is 0 Å². The number of carbonyl (C=O) groups is 3. The molecule has 0 saturated carbocycles. The van der Waals surface area contributed by atoms with Crippen molar-refractivity contribution in [2.24, 2.45) is 11.8 Å². The van der Waals surface area contributed by atoms with Gasteiger partial charge in [-0.05, 0) is 84.8 Å². The minimum atomic E-state index is -4.75. The Morgan fingerprint density at radius 1 is 0.873 bits per heavy atom. The molecule has 3 aliphatic heterocycles. The number of rotatable bonds is 8. The summed E-state index contributed by atoms with van der Waals surface area (Å²) in [5.41, 5.74) is -0.111. The molecule has 19 heteroatoms. The van der Waals surface area contributed by atoms with Gasteiger partial charge in [-0.2, -0.15) is 26.3 Å². The Bertz CT molecular complexity index is 2460. The van der Waals surface area contributed by atoms with Gasteiger partial charge in [-0.15, -0.1) is 5.10 Å². The second-order valence-electron chi connectivity index (χ2n) is 15.8. The third kappa shape index (κ3) is 10.1. The topological polar surface area (TPSA) is 132 Å². The van der Waals surface area contributed by atoms with Crippen LogP contribution < -0.4 is 10.1 Å². The van der Waals surface area contributed by atoms with Crippen LogP contribution in [0, 0.1) is 17.7 Å². The highest BCUT2D eigenvalue weighted by Crippen LogP contribution is 2.37. The maximum Gasteiger partial charge on any atom is 0.416 e. The molecule has 63 heavy (non-hydrogen) atoms. The van der Waals surface area contributed by atoms with Gasteiger partial charge in [0.25, 0.3) is 5.91 Å². The number of hydrogen-bond acceptors (Lipinski definition) is 8. The summed E-state index contributed by atoms with van der Waals surface area (Å²) < 4.78 is 109. The number of amides is 3. The summed E-state index contributed by atoms with van der Waals surface area (Å²) in [6, 6.07) is 16.7. The number of carbonyl (C=O) groups excluding carboxylic acids is 3. The number of nitrogens with zero attached hydrogens (tertiary/aromatic N) is 6. The number of nitrogens with one attached hydrogen (secondary N) is 1. The number of ether oxygens (including phenoxy) is 2. The van der Waals surface area contributed by atoms with E-state index < -0.39 is 47.3 Å². The first-order chi connectivity index (χ1) is 30.1. The number of benzene rings is 3. The lowest BCUT2D eigenvalue weighted by Gasteiger charge is -2.40. The Kier molecular flexibility index (Phi) is 12.2. The molecule has 0 spiro atoms. The molecule has 4 atom stereocenters. The van der Waals surface area contributed by atoms with E-state index in [-0.39, 0.29) is 105 Å². The first-order valence-corrected chi connectivity index (χ1v) is 20.2. The van der Waals surface area contributed by atoms with Crippen LogP contribution in [0.5, 0.6) is 5.88 Å². The first-order valence-electron chi connectivity index (χ1n) is 20.2. The lowest BCUT2D eigenvalue weighted by molar-refractivity contribution is -0.139. The monoisotopic (exact) mass is 879 g/mol. The van der Waals surface area contributed by atoms with E-state index in [2.05, 4.69) is 20.6 Å². The highest BCUT2D eigenvalue weighted by molar-refractivity contribution is 5.99. The number of fused-ring (bicyclic) bond motifs is 8. The lowest BCUT2D eigenvalue weighted by Crippen LogP contribution is -2.52. The highest BCUT2D eigenvalue weighted by Gasteiger charge is 2.44. The maximum atomic E-state index is 14.6. The van der Waals surface area contributed by atoms with E-state index in [1.165, 1.54) is 70.2 Å². The van der Waals surface area contributed by atoms with Gasteiger partial charge >= 0.3 is 12.4 Å². The summed E-state index contributed by atoms with van der Waals surface area (Å²) in [5.74, 6) is -2.65. The zero-order valence-electron chi connectivity index (χ0n) is 33.4. The van der Waals surface area contributed by atoms with Gasteiger partial charge in [0.1, 0.15) is 17.6 Å². The van der Waals surface area contributed by atoms with E-state index in [0.29, 0.717) is 23.4 Å². The third-order valence-corrected chi connectivity index (χ3v) is 11.6. The van der Waals surface area contributed by atoms with Crippen molar-refractivity contribution in [3.05, 3.63) is 125 Å². The summed E-state index contributed by atoms with van der Waals surface area (Å²) in [7, 11) is 0. The highest BCUT2D eigenvalue weighted by atomic mass is 19.4. The van der Waals surface area contributed by atoms with E-state index in [0.717, 1.165) is 24.3 Å². The second kappa shape index (κ2) is 17.8. The zero-order chi connectivity index (χ0) is 44.5. The van der Waals surface area contributed by atoms with E-state index in [1.54, 1.807) is 11.1 Å². The number of aromatic nitrogens is 4. The fraction of sp³-hybridized carbons (Fsp3) is 0.364. The van der Waals surface area contributed by atoms with Crippen molar-refractivity contribution in [2.45, 2.75) is 63.3 Å². The largest absolute Gasteiger partial charge is 0.478 e. The summed E-state index contributed by atoms with van der Waals surface area (Å²) in [6.07, 6.45) is -7.56. The fourth-order valence-corrected chi connectivity index (χ4v) is 8.26. The van der Waals surface area contributed by atoms with Gasteiger partial charge in [0, 0.05) is 56.2 Å². The third-order valence-electron chi connectivity index (χ3n) is 11.6. The molecule has 0 aliphatic carbocycles. The van der Waals surface area contributed by atoms with Crippen molar-refractivity contribution in [3.63, 3.8) is 0 Å². The summed E-state index contributed by atoms with van der Waals surface area (Å²) in [6.45, 7) is 0.242. The molecule has 2 saturated heterocycles. The van der Waals surface area contributed by atoms with Gasteiger partial charge in [-0.25, -0.2) is 14.1 Å². The molecular formula is C44H40F7N7O5. The number of halogens is 7. The van der Waals surface area contributed by atoms with Gasteiger partial charge < -0.3 is 24.6 Å². The molecule has 2 fully saturated rings. The lowest BCUT2D eigenvalue weighted by atomic mass is 9.80. The Morgan fingerprint density at radius 3 is 2.37 bits per heavy atom. The van der Waals surface area contributed by atoms with Crippen molar-refractivity contribution in [1.82, 2.24) is 35.1 Å². The Labute approximate surface area is 356 Å². The first kappa shape index (κ1) is 43.3. The van der Waals surface area contributed by atoms with Gasteiger partial charge in [0.15, 0.2) is 0 Å². The Balaban J connectivity index is 1.04. The van der Waals surface area contributed by atoms with Crippen molar-refractivity contribution in [2.75, 3.05) is 26.2 Å². The van der Waals surface area contributed by atoms with Crippen molar-refractivity contribution < 1.29 is 54.6 Å². The normalized spacial score (nSPS) is 20.6. The van der Waals surface area contributed by atoms with Gasteiger partial charge in [-0.1, -0.05) is 29.5 Å². The van der Waals surface area contributed by atoms with Crippen LogP contribution in [-0.2, 0) is 39.8 Å². The van der Waals surface area contributed by atoms with Crippen LogP contribution in [0.2, 0.25) is 0 Å². The number of hydrogen-bond donors (Lipinski definition) is 1. The van der Waals surface area contributed by atoms with Crippen LogP contribution in [0.4, 0.5) is 30.7 Å². The van der Waals surface area contributed by atoms with Crippen molar-refractivity contribution in [1.29, 1.82) is 0 Å². The molecule has 8 rings (SSSR count). The molecule has 0 radical (unpaired) electrons. The molecule has 0 unspecified atom stereocenters. The van der Waals surface area contributed by atoms with Crippen LogP contribution in [0.1, 0.15) is 58.4 Å². The Morgan fingerprint density at radius 2 is 1.62 bits per heavy atom. The van der Waals surface area contributed by atoms with Crippen LogP contribution in [0.25, 0.3) is 16.9 Å². The van der Waals surface area contributed by atoms with E-state index >= 15 is 0 Å². The predicted octanol–water partition coefficient (Wildman–Crippen LogP) is 7.26. The Hall–Kier alpha value is -6.37. The minimum absolute atomic E-state index is 0.00364. The van der Waals surface area contributed by atoms with Crippen molar-refractivity contribution >= 4 is 17.7 Å². The maximum absolute atomic E-state index is 14.6. The number of alkyl halides is 6. The molecule has 12 nitrogen and oxygen atoms in total. The standard InChI is InChI=1S/C44H40F7N7O5/c45-33-8-10-35(11-9-33)58-23-34(54-55-58)25-63-36-20-38-42(61)56-14-12-27(17-39(59)52-21-26-4-6-31(7-5-26)43(46,47)48)30(22-56)13-15-62-40-19-32(44(49,50)51)18-37(53-40)28-2-1-3-29(16-28)41(60)57(38)24-36/h1-11,16,18-19,23,27,30,36,38H,12-15,17,20-22,24-25H2,(H,52,59)/t27-,30-,36+,38-/m0/s1. The zero-order valence-corrected chi connectivity index (χ0v) is 33.4. The quantitative estimate of drug-likeness (QED) is 0.161. The van der Waals surface area contributed by atoms with E-state index in [1.807, 2.05) is 0 Å². The van der Waals surface area contributed by atoms with Gasteiger partial charge in [-0.3, -0.25) is 14.4 Å². The van der Waals surface area contributed by atoms with Crippen LogP contribution in [-0.4, -0.2) is 85.9 Å². The number of pyridine rings is 1. The van der Waals surface area contributed by atoms with Crippen LogP contribution in [0.15, 0.2) is 91.1 Å². The van der Waals surface area contributed by atoms with Gasteiger partial charge in [0.2, 0.25) is 17.7 Å². The summed E-state index contributed by atoms with van der Waals surface area (Å²) >= 11 is 0. The molecule has 6 bridgehead atoms. The molecule has 330 valence electrons. The van der Waals surface area contributed by atoms with E-state index in [9.17, 15) is 45.1 Å². The smallest absolute Gasteiger partial charge is 0.416 e. The van der Waals surface area contributed by atoms with E-state index in [4.69, 9.17) is 9.47 Å². The second-order valence-corrected chi connectivity index (χ2v) is 15.8. The molecule has 5 heterocycles. The van der Waals surface area contributed by atoms with Crippen molar-refractivity contribution in [3.8, 4) is 22.8 Å². The molecule has 1 N–H and O–H groups in total. The molecule has 5 aromatic rings. The van der Waals surface area contributed by atoms with Crippen LogP contribution in [0.3, 0.4) is 0 Å². The average molecular weight is 880 g/mol. The summed E-state index contributed by atoms with van der Waals surface area (Å²) in [4.78, 5) is 49.6. The molecular weight excluding hydrogens is 840 g/mol. The average Bonchev–Trinajstić information content (AvgIpc) is 3.92. The summed E-state index contributed by atoms with van der Waals surface area (Å²) in [5, 5.41) is 11.0. The number of piperidine rings is 1. The molecule has 3 aromatic carbocycles. The minimum Gasteiger partial charge on any atom is -0.478 e. The SMILES string of the molecule is O=C(C[C@@H]1CCN2C[C@@H]1CCOc1cc(C(F)(F)F)cc(n1)-c1cccc(c1)C(=O)N1C[C@H](OCc3cn(-c4ccc(F)cc4)nn3)C[C@H]1C2=O)NCc1ccc(C(F)(F)F)cc1. The van der Waals surface area contributed by atoms with Gasteiger partial charge in [0.05, 0.1) is 48.0 Å².